The van der Waals surface area contributed by atoms with Crippen molar-refractivity contribution in [2.45, 2.75) is 75.7 Å². The van der Waals surface area contributed by atoms with Crippen molar-refractivity contribution >= 4 is 40.4 Å². The van der Waals surface area contributed by atoms with Gasteiger partial charge in [-0.25, -0.2) is 4.98 Å². The lowest BCUT2D eigenvalue weighted by atomic mass is 9.43. The molecule has 1 saturated heterocycles. The highest BCUT2D eigenvalue weighted by atomic mass is 35.5. The van der Waals surface area contributed by atoms with Crippen molar-refractivity contribution in [1.82, 2.24) is 14.5 Å². The Labute approximate surface area is 219 Å². The Hall–Kier alpha value is -2.83. The van der Waals surface area contributed by atoms with E-state index in [4.69, 9.17) is 38.0 Å². The summed E-state index contributed by atoms with van der Waals surface area (Å²) < 4.78 is 19.8. The molecule has 9 rings (SSSR count). The fourth-order valence-electron chi connectivity index (χ4n) is 7.41. The van der Waals surface area contributed by atoms with E-state index in [9.17, 15) is 9.59 Å². The Morgan fingerprint density at radius 3 is 2.38 bits per heavy atom. The van der Waals surface area contributed by atoms with Crippen LogP contribution in [0, 0.1) is 35.0 Å². The highest BCUT2D eigenvalue weighted by Gasteiger charge is 2.59. The Morgan fingerprint density at radius 1 is 1.14 bits per heavy atom. The number of fused-ring (bicyclic) bond motifs is 1. The number of nitrogens with two attached hydrogens (primary N) is 1. The van der Waals surface area contributed by atoms with E-state index in [1.54, 1.807) is 16.8 Å². The van der Waals surface area contributed by atoms with Gasteiger partial charge in [-0.15, -0.1) is 6.42 Å². The number of nitrogens with zero attached hydrogens (tertiary/aromatic N) is 3. The van der Waals surface area contributed by atoms with Crippen LogP contribution in [-0.4, -0.2) is 44.8 Å². The first kappa shape index (κ1) is 23.3. The molecule has 194 valence electrons. The molecule has 0 unspecified atom stereocenters. The molecule has 4 bridgehead atoms. The number of carbonyl (C=O) groups excluding carboxylic acids is 2. The van der Waals surface area contributed by atoms with Gasteiger partial charge in [-0.05, 0) is 78.9 Å². The maximum atomic E-state index is 13.0. The van der Waals surface area contributed by atoms with Crippen LogP contribution >= 0.6 is 11.6 Å². The van der Waals surface area contributed by atoms with E-state index in [1.807, 2.05) is 0 Å². The van der Waals surface area contributed by atoms with E-state index >= 15 is 0 Å². The maximum absolute atomic E-state index is 13.0. The molecule has 2 N–H and O–H groups in total. The number of terminal acetylenes is 1. The number of esters is 2. The van der Waals surface area contributed by atoms with Gasteiger partial charge in [0.2, 0.25) is 10.9 Å². The topological polar surface area (TPSA) is 119 Å². The van der Waals surface area contributed by atoms with Crippen molar-refractivity contribution in [2.75, 3.05) is 12.3 Å². The molecule has 37 heavy (non-hydrogen) atoms. The molecule has 0 radical (unpaired) electrons. The van der Waals surface area contributed by atoms with E-state index < -0.39 is 17.9 Å². The third kappa shape index (κ3) is 3.63. The summed E-state index contributed by atoms with van der Waals surface area (Å²) in [5, 5.41) is 0.628. The molecule has 3 atom stereocenters. The molecule has 6 aliphatic carbocycles. The van der Waals surface area contributed by atoms with Crippen LogP contribution in [0.25, 0.3) is 11.0 Å². The monoisotopic (exact) mass is 524 g/mol. The van der Waals surface area contributed by atoms with Crippen LogP contribution in [0.5, 0.6) is 0 Å². The highest BCUT2D eigenvalue weighted by Crippen LogP contribution is 2.67. The first-order valence-electron chi connectivity index (χ1n) is 13.0. The summed E-state index contributed by atoms with van der Waals surface area (Å²) >= 11 is 6.07. The van der Waals surface area contributed by atoms with Gasteiger partial charge in [-0.1, -0.05) is 5.92 Å². The van der Waals surface area contributed by atoms with Gasteiger partial charge in [0.15, 0.2) is 0 Å². The molecule has 0 spiro atoms. The number of nitrogen functional groups attached to an aromatic ring is 1. The summed E-state index contributed by atoms with van der Waals surface area (Å²) in [5.74, 6) is 3.88. The van der Waals surface area contributed by atoms with Gasteiger partial charge < -0.3 is 24.5 Å². The number of aromatic nitrogens is 3. The molecule has 7 fully saturated rings. The zero-order valence-electron chi connectivity index (χ0n) is 20.5. The minimum Gasteiger partial charge on any atom is -0.461 e. The van der Waals surface area contributed by atoms with Crippen molar-refractivity contribution < 1.29 is 23.8 Å². The predicted molar refractivity (Wildman–Crippen MR) is 133 cm³/mol. The quantitative estimate of drug-likeness (QED) is 0.315. The third-order valence-electron chi connectivity index (χ3n) is 9.50. The van der Waals surface area contributed by atoms with Crippen molar-refractivity contribution in [2.24, 2.45) is 22.7 Å². The molecular formula is C27H29ClN4O5. The maximum Gasteiger partial charge on any atom is 0.306 e. The first-order chi connectivity index (χ1) is 17.7. The number of ether oxygens (including phenoxy) is 3. The number of rotatable bonds is 8. The minimum atomic E-state index is -1.42. The zero-order valence-corrected chi connectivity index (χ0v) is 21.2. The molecule has 1 aliphatic heterocycles. The smallest absolute Gasteiger partial charge is 0.306 e. The van der Waals surface area contributed by atoms with Gasteiger partial charge in [0, 0.05) is 12.6 Å². The van der Waals surface area contributed by atoms with Gasteiger partial charge in [0.05, 0.1) is 18.2 Å². The number of hydrogen-bond acceptors (Lipinski definition) is 8. The van der Waals surface area contributed by atoms with Crippen LogP contribution in [0.2, 0.25) is 5.28 Å². The molecule has 6 saturated carbocycles. The highest BCUT2D eigenvalue weighted by molar-refractivity contribution is 6.28. The number of hydrogen-bond donors (Lipinski definition) is 1. The third-order valence-corrected chi connectivity index (χ3v) is 9.67. The van der Waals surface area contributed by atoms with Crippen LogP contribution in [0.3, 0.4) is 0 Å². The lowest BCUT2D eigenvalue weighted by Gasteiger charge is -2.61. The Morgan fingerprint density at radius 2 is 1.78 bits per heavy atom. The lowest BCUT2D eigenvalue weighted by molar-refractivity contribution is -0.182. The fourth-order valence-corrected chi connectivity index (χ4v) is 7.58. The minimum absolute atomic E-state index is 0.00947. The Kier molecular flexibility index (Phi) is 4.94. The average molecular weight is 525 g/mol. The van der Waals surface area contributed by atoms with Crippen LogP contribution in [0.1, 0.15) is 64.0 Å². The van der Waals surface area contributed by atoms with Gasteiger partial charge in [0.25, 0.3) is 0 Å². The van der Waals surface area contributed by atoms with Gasteiger partial charge >= 0.3 is 11.9 Å². The molecule has 0 aromatic carbocycles. The molecule has 2 aromatic heterocycles. The zero-order chi connectivity index (χ0) is 25.6. The number of anilines is 1. The Bertz CT molecular complexity index is 1330. The van der Waals surface area contributed by atoms with Crippen LogP contribution < -0.4 is 5.73 Å². The summed E-state index contributed by atoms with van der Waals surface area (Å²) in [7, 11) is 0. The molecule has 9 nitrogen and oxygen atoms in total. The van der Waals surface area contributed by atoms with Gasteiger partial charge in [0.1, 0.15) is 30.4 Å². The van der Waals surface area contributed by atoms with E-state index in [2.05, 4.69) is 15.9 Å². The van der Waals surface area contributed by atoms with E-state index in [-0.39, 0.29) is 46.9 Å². The second-order valence-electron chi connectivity index (χ2n) is 12.1. The van der Waals surface area contributed by atoms with Crippen LogP contribution in [0.4, 0.5) is 5.82 Å². The Balaban J connectivity index is 1.12. The second kappa shape index (κ2) is 7.84. The fraction of sp³-hybridized carbons (Fsp3) is 0.630. The van der Waals surface area contributed by atoms with E-state index in [1.165, 1.54) is 0 Å². The van der Waals surface area contributed by atoms with Crippen molar-refractivity contribution in [3.63, 3.8) is 0 Å². The van der Waals surface area contributed by atoms with E-state index in [0.29, 0.717) is 23.9 Å². The molecule has 10 heteroatoms. The summed E-state index contributed by atoms with van der Waals surface area (Å²) in [6, 6.07) is 1.77. The van der Waals surface area contributed by atoms with Gasteiger partial charge in [-0.2, -0.15) is 4.98 Å². The summed E-state index contributed by atoms with van der Waals surface area (Å²) in [4.78, 5) is 34.0. The summed E-state index contributed by atoms with van der Waals surface area (Å²) in [5.41, 5.74) is 5.29. The summed E-state index contributed by atoms with van der Waals surface area (Å²) in [6.07, 6.45) is 13.9. The first-order valence-corrected chi connectivity index (χ1v) is 13.4. The molecule has 3 heterocycles. The molecular weight excluding hydrogens is 496 g/mol. The largest absolute Gasteiger partial charge is 0.461 e. The van der Waals surface area contributed by atoms with Crippen LogP contribution in [-0.2, 0) is 23.8 Å². The second-order valence-corrected chi connectivity index (χ2v) is 12.5. The summed E-state index contributed by atoms with van der Waals surface area (Å²) in [6.45, 7) is -0.194. The SMILES string of the molecule is C#C[C@]1(COC(=O)CC23CC(C2)C3)O[C@@H](n2ccc3c(N)nc(Cl)nc32)C[C@@H]1OC(=O)CC12CC(C1)C2. The lowest BCUT2D eigenvalue weighted by Crippen LogP contribution is -2.54. The predicted octanol–water partition coefficient (Wildman–Crippen LogP) is 3.79. The van der Waals surface area contributed by atoms with Gasteiger partial charge in [-0.3, -0.25) is 9.59 Å². The van der Waals surface area contributed by atoms with Crippen molar-refractivity contribution in [1.29, 1.82) is 0 Å². The van der Waals surface area contributed by atoms with Crippen LogP contribution in [0.15, 0.2) is 12.3 Å². The molecule has 0 amide bonds. The normalized spacial score (nSPS) is 38.5. The average Bonchev–Trinajstić information content (AvgIpc) is 3.32. The van der Waals surface area contributed by atoms with Crippen molar-refractivity contribution in [3.8, 4) is 12.3 Å². The van der Waals surface area contributed by atoms with Crippen molar-refractivity contribution in [3.05, 3.63) is 17.5 Å². The number of carbonyl (C=O) groups is 2. The standard InChI is InChI=1S/C27H29ClN4O5/c1-2-27(14-35-20(33)12-25-6-15(7-25)8-25)18(36-21(34)13-26-9-16(10-26)11-26)5-19(37-27)32-4-3-17-22(29)30-24(28)31-23(17)32/h1,3-4,15-16,18-19H,5-14H2,(H2,29,30,31)/t15?,16?,18-,19+,25?,26?,27+/m0/s1. The molecule has 7 aliphatic rings. The molecule has 2 aromatic rings. The van der Waals surface area contributed by atoms with E-state index in [0.717, 1.165) is 50.4 Å². The number of halogens is 1.